The van der Waals surface area contributed by atoms with Gasteiger partial charge in [-0.15, -0.1) is 4.37 Å². The lowest BCUT2D eigenvalue weighted by Gasteiger charge is -2.01. The Kier molecular flexibility index (Phi) is 2.23. The summed E-state index contributed by atoms with van der Waals surface area (Å²) in [6.07, 6.45) is 1.60. The second-order valence-corrected chi connectivity index (χ2v) is 3.22. The fraction of sp³-hybridized carbons (Fsp3) is 0.111. The maximum Gasteiger partial charge on any atom is 0.251 e. The van der Waals surface area contributed by atoms with Gasteiger partial charge in [0.1, 0.15) is 11.9 Å². The molecule has 0 spiro atoms. The van der Waals surface area contributed by atoms with E-state index < -0.39 is 0 Å². The van der Waals surface area contributed by atoms with E-state index in [0.29, 0.717) is 5.88 Å². The van der Waals surface area contributed by atoms with Crippen molar-refractivity contribution < 1.29 is 4.74 Å². The van der Waals surface area contributed by atoms with Gasteiger partial charge in [-0.3, -0.25) is 0 Å². The van der Waals surface area contributed by atoms with Crippen molar-refractivity contribution in [2.75, 3.05) is 0 Å². The second-order valence-electron chi connectivity index (χ2n) is 2.66. The number of aromatic nitrogens is 2. The van der Waals surface area contributed by atoms with Crippen LogP contribution < -0.4 is 4.74 Å². The summed E-state index contributed by atoms with van der Waals surface area (Å²) in [4.78, 5) is 0. The van der Waals surface area contributed by atoms with Crippen LogP contribution in [0.4, 0.5) is 0 Å². The molecule has 4 heteroatoms. The number of aryl methyl sites for hydroxylation is 1. The van der Waals surface area contributed by atoms with Gasteiger partial charge in [-0.05, 0) is 24.6 Å². The molecule has 0 fully saturated rings. The molecular formula is C9H8N2OS. The Bertz CT molecular complexity index is 386. The molecule has 0 aliphatic carbocycles. The number of hydrogen-bond acceptors (Lipinski definition) is 4. The van der Waals surface area contributed by atoms with Gasteiger partial charge in [0.25, 0.3) is 5.88 Å². The van der Waals surface area contributed by atoms with Gasteiger partial charge in [0.2, 0.25) is 0 Å². The highest BCUT2D eigenvalue weighted by Gasteiger charge is 1.98. The molecule has 0 aliphatic rings. The Balaban J connectivity index is 2.19. The van der Waals surface area contributed by atoms with Crippen molar-refractivity contribution in [1.29, 1.82) is 0 Å². The molecule has 1 aromatic carbocycles. The maximum absolute atomic E-state index is 5.44. The summed E-state index contributed by atoms with van der Waals surface area (Å²) >= 11 is 1.14. The van der Waals surface area contributed by atoms with E-state index in [1.165, 1.54) is 5.56 Å². The van der Waals surface area contributed by atoms with E-state index >= 15 is 0 Å². The molecule has 66 valence electrons. The number of benzene rings is 1. The zero-order valence-corrected chi connectivity index (χ0v) is 7.91. The van der Waals surface area contributed by atoms with Gasteiger partial charge in [0.15, 0.2) is 0 Å². The zero-order valence-electron chi connectivity index (χ0n) is 7.10. The summed E-state index contributed by atoms with van der Waals surface area (Å²) in [5.41, 5.74) is 1.17. The molecule has 0 unspecified atom stereocenters. The lowest BCUT2D eigenvalue weighted by atomic mass is 10.2. The second kappa shape index (κ2) is 3.53. The van der Waals surface area contributed by atoms with Crippen LogP contribution in [-0.4, -0.2) is 8.75 Å². The lowest BCUT2D eigenvalue weighted by Crippen LogP contribution is -1.83. The molecule has 0 bridgehead atoms. The quantitative estimate of drug-likeness (QED) is 0.733. The molecule has 13 heavy (non-hydrogen) atoms. The van der Waals surface area contributed by atoms with E-state index in [1.807, 2.05) is 31.2 Å². The van der Waals surface area contributed by atoms with Crippen molar-refractivity contribution >= 4 is 11.7 Å². The lowest BCUT2D eigenvalue weighted by molar-refractivity contribution is 0.467. The van der Waals surface area contributed by atoms with Gasteiger partial charge in [0, 0.05) is 0 Å². The highest BCUT2D eigenvalue weighted by atomic mass is 32.1. The van der Waals surface area contributed by atoms with Crippen molar-refractivity contribution in [2.45, 2.75) is 6.92 Å². The molecule has 0 saturated heterocycles. The number of rotatable bonds is 2. The van der Waals surface area contributed by atoms with E-state index in [9.17, 15) is 0 Å². The van der Waals surface area contributed by atoms with Crippen molar-refractivity contribution in [3.8, 4) is 11.6 Å². The fourth-order valence-electron chi connectivity index (χ4n) is 1.00. The normalized spacial score (nSPS) is 9.92. The van der Waals surface area contributed by atoms with E-state index in [1.54, 1.807) is 6.20 Å². The molecule has 0 aliphatic heterocycles. The van der Waals surface area contributed by atoms with E-state index in [-0.39, 0.29) is 0 Å². The maximum atomic E-state index is 5.44. The van der Waals surface area contributed by atoms with Crippen LogP contribution in [0.5, 0.6) is 11.6 Å². The molecule has 1 aromatic heterocycles. The summed E-state index contributed by atoms with van der Waals surface area (Å²) in [5, 5.41) is 0. The predicted octanol–water partition coefficient (Wildman–Crippen LogP) is 2.64. The Hall–Kier alpha value is -1.42. The molecule has 0 radical (unpaired) electrons. The molecular weight excluding hydrogens is 184 g/mol. The first-order valence-corrected chi connectivity index (χ1v) is 4.60. The Labute approximate surface area is 80.3 Å². The first-order chi connectivity index (χ1) is 6.34. The van der Waals surface area contributed by atoms with Crippen LogP contribution in [0.25, 0.3) is 0 Å². The molecule has 1 heterocycles. The fourth-order valence-corrected chi connectivity index (χ4v) is 1.35. The van der Waals surface area contributed by atoms with Crippen LogP contribution in [0.3, 0.4) is 0 Å². The smallest absolute Gasteiger partial charge is 0.251 e. The van der Waals surface area contributed by atoms with Gasteiger partial charge >= 0.3 is 0 Å². The van der Waals surface area contributed by atoms with Crippen molar-refractivity contribution in [3.05, 3.63) is 36.0 Å². The van der Waals surface area contributed by atoms with E-state index in [0.717, 1.165) is 17.5 Å². The molecule has 0 saturated carbocycles. The van der Waals surface area contributed by atoms with Crippen LogP contribution in [0, 0.1) is 6.92 Å². The van der Waals surface area contributed by atoms with Gasteiger partial charge in [-0.25, -0.2) is 0 Å². The Morgan fingerprint density at radius 1 is 1.38 bits per heavy atom. The standard InChI is InChI=1S/C9H8N2OS/c1-7-3-2-4-8(5-7)12-9-6-10-13-11-9/h2-6H,1H3. The molecule has 3 nitrogen and oxygen atoms in total. The van der Waals surface area contributed by atoms with E-state index in [2.05, 4.69) is 8.75 Å². The van der Waals surface area contributed by atoms with Gasteiger partial charge in [-0.2, -0.15) is 4.37 Å². The van der Waals surface area contributed by atoms with Gasteiger partial charge in [-0.1, -0.05) is 12.1 Å². The van der Waals surface area contributed by atoms with Crippen molar-refractivity contribution in [1.82, 2.24) is 8.75 Å². The summed E-state index contributed by atoms with van der Waals surface area (Å²) in [6, 6.07) is 7.82. The first kappa shape index (κ1) is 8.19. The molecule has 0 N–H and O–H groups in total. The van der Waals surface area contributed by atoms with E-state index in [4.69, 9.17) is 4.74 Å². The summed E-state index contributed by atoms with van der Waals surface area (Å²) in [7, 11) is 0. The van der Waals surface area contributed by atoms with Crippen LogP contribution in [0.15, 0.2) is 30.5 Å². The number of nitrogens with zero attached hydrogens (tertiary/aromatic N) is 2. The van der Waals surface area contributed by atoms with Crippen LogP contribution in [0.1, 0.15) is 5.56 Å². The SMILES string of the molecule is Cc1cccc(Oc2cnsn2)c1. The molecule has 2 aromatic rings. The largest absolute Gasteiger partial charge is 0.437 e. The van der Waals surface area contributed by atoms with Crippen LogP contribution in [0.2, 0.25) is 0 Å². The third kappa shape index (κ3) is 2.03. The molecule has 0 amide bonds. The van der Waals surface area contributed by atoms with Gasteiger partial charge in [0.05, 0.1) is 11.7 Å². The molecule has 0 atom stereocenters. The topological polar surface area (TPSA) is 35.0 Å². The summed E-state index contributed by atoms with van der Waals surface area (Å²) in [6.45, 7) is 2.02. The summed E-state index contributed by atoms with van der Waals surface area (Å²) < 4.78 is 13.2. The first-order valence-electron chi connectivity index (χ1n) is 3.87. The monoisotopic (exact) mass is 192 g/mol. The third-order valence-corrected chi connectivity index (χ3v) is 2.01. The van der Waals surface area contributed by atoms with Gasteiger partial charge < -0.3 is 4.74 Å². The highest BCUT2D eigenvalue weighted by Crippen LogP contribution is 2.19. The minimum Gasteiger partial charge on any atom is -0.437 e. The zero-order chi connectivity index (χ0) is 9.10. The average Bonchev–Trinajstić information content (AvgIpc) is 2.57. The Morgan fingerprint density at radius 2 is 2.31 bits per heavy atom. The minimum atomic E-state index is 0.551. The highest BCUT2D eigenvalue weighted by molar-refractivity contribution is 6.99. The number of hydrogen-bond donors (Lipinski definition) is 0. The van der Waals surface area contributed by atoms with Crippen LogP contribution >= 0.6 is 11.7 Å². The van der Waals surface area contributed by atoms with Crippen molar-refractivity contribution in [2.24, 2.45) is 0 Å². The average molecular weight is 192 g/mol. The predicted molar refractivity (Wildman–Crippen MR) is 51.2 cm³/mol. The van der Waals surface area contributed by atoms with Crippen molar-refractivity contribution in [3.63, 3.8) is 0 Å². The minimum absolute atomic E-state index is 0.551. The molecule has 2 rings (SSSR count). The number of ether oxygens (including phenoxy) is 1. The summed E-state index contributed by atoms with van der Waals surface area (Å²) in [5.74, 6) is 1.35. The Morgan fingerprint density at radius 3 is 3.00 bits per heavy atom. The van der Waals surface area contributed by atoms with Crippen LogP contribution in [-0.2, 0) is 0 Å². The third-order valence-electron chi connectivity index (χ3n) is 1.55.